The van der Waals surface area contributed by atoms with Crippen molar-refractivity contribution in [3.8, 4) is 0 Å². The van der Waals surface area contributed by atoms with Crippen molar-refractivity contribution in [2.45, 2.75) is 13.5 Å². The second-order valence-corrected chi connectivity index (χ2v) is 7.90. The lowest BCUT2D eigenvalue weighted by Crippen LogP contribution is -2.48. The highest BCUT2D eigenvalue weighted by atomic mass is 32.1. The molecule has 150 valence electrons. The van der Waals surface area contributed by atoms with Gasteiger partial charge in [0.1, 0.15) is 6.61 Å². The number of hydrogen-bond donors (Lipinski definition) is 0. The zero-order chi connectivity index (χ0) is 20.2. The summed E-state index contributed by atoms with van der Waals surface area (Å²) in [5, 5.41) is 4.80. The highest BCUT2D eigenvalue weighted by molar-refractivity contribution is 7.17. The molecule has 2 aliphatic rings. The maximum atomic E-state index is 12.3. The molecule has 7 nitrogen and oxygen atoms in total. The average molecular weight is 411 g/mol. The van der Waals surface area contributed by atoms with E-state index in [0.29, 0.717) is 24.4 Å². The fraction of sp³-hybridized carbons (Fsp3) is 0.286. The molecule has 0 spiro atoms. The Balaban J connectivity index is 1.30. The van der Waals surface area contributed by atoms with E-state index in [1.165, 1.54) is 0 Å². The van der Waals surface area contributed by atoms with E-state index in [2.05, 4.69) is 14.9 Å². The molecule has 1 saturated heterocycles. The predicted octanol–water partition coefficient (Wildman–Crippen LogP) is 3.52. The largest absolute Gasteiger partial charge is 0.445 e. The van der Waals surface area contributed by atoms with Gasteiger partial charge in [-0.1, -0.05) is 35.5 Å². The zero-order valence-corrected chi connectivity index (χ0v) is 16.9. The number of rotatable bonds is 4. The van der Waals surface area contributed by atoms with E-state index < -0.39 is 5.97 Å². The van der Waals surface area contributed by atoms with E-state index in [1.807, 2.05) is 42.5 Å². The molecule has 0 unspecified atom stereocenters. The van der Waals surface area contributed by atoms with E-state index in [9.17, 15) is 9.59 Å². The predicted molar refractivity (Wildman–Crippen MR) is 112 cm³/mol. The Labute approximate surface area is 172 Å². The number of hydrogen-bond acceptors (Lipinski definition) is 7. The number of amides is 1. The van der Waals surface area contributed by atoms with Crippen LogP contribution in [-0.4, -0.2) is 48.9 Å². The molecule has 2 aliphatic heterocycles. The Morgan fingerprint density at radius 2 is 1.93 bits per heavy atom. The fourth-order valence-electron chi connectivity index (χ4n) is 3.17. The number of benzene rings is 1. The monoisotopic (exact) mass is 411 g/mol. The summed E-state index contributed by atoms with van der Waals surface area (Å²) in [6.07, 6.45) is 1.53. The van der Waals surface area contributed by atoms with Crippen LogP contribution in [0, 0.1) is 0 Å². The second-order valence-electron chi connectivity index (χ2n) is 6.80. The van der Waals surface area contributed by atoms with Gasteiger partial charge in [-0.3, -0.25) is 0 Å². The summed E-state index contributed by atoms with van der Waals surface area (Å²) in [4.78, 5) is 33.6. The Hall–Kier alpha value is -3.13. The molecule has 8 heteroatoms. The van der Waals surface area contributed by atoms with Crippen molar-refractivity contribution in [2.24, 2.45) is 5.16 Å². The molecule has 1 aromatic carbocycles. The van der Waals surface area contributed by atoms with Gasteiger partial charge in [-0.2, -0.15) is 0 Å². The minimum absolute atomic E-state index is 0.278. The van der Waals surface area contributed by atoms with Gasteiger partial charge in [-0.25, -0.2) is 9.59 Å². The first-order chi connectivity index (χ1) is 14.1. The number of carbonyl (C=O) groups is 2. The van der Waals surface area contributed by atoms with Crippen molar-refractivity contribution < 1.29 is 19.2 Å². The third-order valence-electron chi connectivity index (χ3n) is 4.83. The summed E-state index contributed by atoms with van der Waals surface area (Å²) in [6.45, 7) is 4.73. The third kappa shape index (κ3) is 4.48. The van der Waals surface area contributed by atoms with Gasteiger partial charge in [0.05, 0.1) is 16.3 Å². The molecule has 1 aromatic heterocycles. The summed E-state index contributed by atoms with van der Waals surface area (Å²) in [7, 11) is 0. The molecule has 1 amide bonds. The third-order valence-corrected chi connectivity index (χ3v) is 5.92. The topological polar surface area (TPSA) is 71.4 Å². The molecule has 2 aromatic rings. The van der Waals surface area contributed by atoms with Gasteiger partial charge in [-0.15, -0.1) is 11.3 Å². The lowest BCUT2D eigenvalue weighted by Gasteiger charge is -2.34. The summed E-state index contributed by atoms with van der Waals surface area (Å²) in [5.74, 6) is -0.417. The van der Waals surface area contributed by atoms with Gasteiger partial charge in [0.15, 0.2) is 0 Å². The van der Waals surface area contributed by atoms with Crippen molar-refractivity contribution in [1.82, 2.24) is 4.90 Å². The van der Waals surface area contributed by atoms with E-state index in [-0.39, 0.29) is 12.7 Å². The van der Waals surface area contributed by atoms with Crippen LogP contribution in [-0.2, 0) is 21.0 Å². The highest BCUT2D eigenvalue weighted by Gasteiger charge is 2.24. The van der Waals surface area contributed by atoms with Gasteiger partial charge in [-0.05, 0) is 30.7 Å². The van der Waals surface area contributed by atoms with Crippen LogP contribution in [0.1, 0.15) is 17.4 Å². The minimum atomic E-state index is -0.417. The summed E-state index contributed by atoms with van der Waals surface area (Å²) >= 11 is 1.60. The average Bonchev–Trinajstić information content (AvgIpc) is 3.35. The molecule has 29 heavy (non-hydrogen) atoms. The Kier molecular flexibility index (Phi) is 5.62. The van der Waals surface area contributed by atoms with Crippen molar-refractivity contribution in [3.05, 3.63) is 58.5 Å². The maximum Gasteiger partial charge on any atom is 0.410 e. The first-order valence-corrected chi connectivity index (χ1v) is 10.2. The number of anilines is 1. The van der Waals surface area contributed by atoms with Gasteiger partial charge in [0.2, 0.25) is 0 Å². The van der Waals surface area contributed by atoms with Crippen LogP contribution in [0.3, 0.4) is 0 Å². The van der Waals surface area contributed by atoms with Crippen molar-refractivity contribution in [2.75, 3.05) is 31.1 Å². The number of ether oxygens (including phenoxy) is 1. The van der Waals surface area contributed by atoms with E-state index in [1.54, 1.807) is 29.2 Å². The van der Waals surface area contributed by atoms with Crippen molar-refractivity contribution in [3.63, 3.8) is 0 Å². The van der Waals surface area contributed by atoms with Gasteiger partial charge in [0, 0.05) is 31.1 Å². The normalized spacial score (nSPS) is 18.0. The number of oxime groups is 1. The van der Waals surface area contributed by atoms with Crippen LogP contribution < -0.4 is 4.90 Å². The smallest absolute Gasteiger partial charge is 0.410 e. The Morgan fingerprint density at radius 1 is 1.17 bits per heavy atom. The highest BCUT2D eigenvalue weighted by Crippen LogP contribution is 2.29. The molecular weight excluding hydrogens is 390 g/mol. The molecule has 0 radical (unpaired) electrons. The van der Waals surface area contributed by atoms with Crippen LogP contribution in [0.15, 0.2) is 53.2 Å². The summed E-state index contributed by atoms with van der Waals surface area (Å²) in [5.41, 5.74) is 2.06. The van der Waals surface area contributed by atoms with Crippen LogP contribution in [0.2, 0.25) is 0 Å². The standard InChI is InChI=1S/C21H21N3O4S/c1-15-18(20(25)28-22-15)13-17-7-8-19(29-17)23-9-11-24(12-10-23)21(26)27-14-16-5-3-2-4-6-16/h2-8,13H,9-12,14H2,1H3. The molecule has 3 heterocycles. The second kappa shape index (κ2) is 8.48. The lowest BCUT2D eigenvalue weighted by atomic mass is 10.1. The quantitative estimate of drug-likeness (QED) is 0.569. The number of nitrogens with zero attached hydrogens (tertiary/aromatic N) is 3. The molecule has 0 atom stereocenters. The molecule has 0 saturated carbocycles. The fourth-order valence-corrected chi connectivity index (χ4v) is 4.17. The number of thiophene rings is 1. The summed E-state index contributed by atoms with van der Waals surface area (Å²) < 4.78 is 5.42. The molecule has 0 bridgehead atoms. The van der Waals surface area contributed by atoms with Crippen molar-refractivity contribution in [1.29, 1.82) is 0 Å². The molecule has 0 N–H and O–H groups in total. The van der Waals surface area contributed by atoms with Crippen LogP contribution in [0.5, 0.6) is 0 Å². The van der Waals surface area contributed by atoms with E-state index in [0.717, 1.165) is 28.5 Å². The van der Waals surface area contributed by atoms with Crippen LogP contribution >= 0.6 is 11.3 Å². The first-order valence-electron chi connectivity index (χ1n) is 9.38. The number of piperazine rings is 1. The Bertz CT molecular complexity index is 959. The molecule has 0 aliphatic carbocycles. The number of carbonyl (C=O) groups excluding carboxylic acids is 2. The van der Waals surface area contributed by atoms with E-state index >= 15 is 0 Å². The van der Waals surface area contributed by atoms with E-state index in [4.69, 9.17) is 4.74 Å². The van der Waals surface area contributed by atoms with Crippen LogP contribution in [0.4, 0.5) is 9.80 Å². The van der Waals surface area contributed by atoms with Gasteiger partial charge in [0.25, 0.3) is 0 Å². The Morgan fingerprint density at radius 3 is 2.62 bits per heavy atom. The molecular formula is C21H21N3O4S. The lowest BCUT2D eigenvalue weighted by molar-refractivity contribution is -0.136. The maximum absolute atomic E-state index is 12.3. The summed E-state index contributed by atoms with van der Waals surface area (Å²) in [6, 6.07) is 13.7. The minimum Gasteiger partial charge on any atom is -0.445 e. The molecule has 4 rings (SSSR count). The van der Waals surface area contributed by atoms with Crippen molar-refractivity contribution >= 4 is 40.2 Å². The zero-order valence-electron chi connectivity index (χ0n) is 16.0. The SMILES string of the molecule is CC1=NOC(=O)C1=Cc1ccc(N2CCN(C(=O)OCc3ccccc3)CC2)s1. The first kappa shape index (κ1) is 19.2. The molecule has 1 fully saturated rings. The van der Waals surface area contributed by atoms with Crippen LogP contribution in [0.25, 0.3) is 6.08 Å². The van der Waals surface area contributed by atoms with Gasteiger partial charge >= 0.3 is 12.1 Å². The van der Waals surface area contributed by atoms with Gasteiger partial charge < -0.3 is 19.4 Å².